The maximum absolute atomic E-state index is 13.4. The summed E-state index contributed by atoms with van der Waals surface area (Å²) < 4.78 is 7.36. The van der Waals surface area contributed by atoms with Crippen molar-refractivity contribution in [2.45, 2.75) is 53.9 Å². The summed E-state index contributed by atoms with van der Waals surface area (Å²) in [5.74, 6) is 0.266. The van der Waals surface area contributed by atoms with E-state index < -0.39 is 5.41 Å². The van der Waals surface area contributed by atoms with E-state index in [1.165, 1.54) is 0 Å². The van der Waals surface area contributed by atoms with Crippen LogP contribution >= 0.6 is 37.2 Å². The molecule has 10 nitrogen and oxygen atoms in total. The molecule has 5 rings (SSSR count). The summed E-state index contributed by atoms with van der Waals surface area (Å²) in [6.45, 7) is 10.5. The molecule has 0 saturated carbocycles. The van der Waals surface area contributed by atoms with Gasteiger partial charge < -0.3 is 24.1 Å². The highest BCUT2D eigenvalue weighted by molar-refractivity contribution is 6.19. The van der Waals surface area contributed by atoms with Crippen molar-refractivity contribution in [3.05, 3.63) is 87.8 Å². The van der Waals surface area contributed by atoms with Crippen LogP contribution in [0.15, 0.2) is 64.1 Å². The van der Waals surface area contributed by atoms with Crippen LogP contribution in [-0.2, 0) is 35.8 Å². The molecule has 4 heterocycles. The van der Waals surface area contributed by atoms with Crippen molar-refractivity contribution in [1.82, 2.24) is 19.8 Å². The predicted octanol–water partition coefficient (Wildman–Crippen LogP) is 5.34. The highest BCUT2D eigenvalue weighted by Crippen LogP contribution is 2.39. The van der Waals surface area contributed by atoms with Gasteiger partial charge in [-0.2, -0.15) is 0 Å². The van der Waals surface area contributed by atoms with E-state index in [1.54, 1.807) is 53.7 Å². The van der Waals surface area contributed by atoms with Crippen LogP contribution < -0.4 is 20.7 Å². The molecular weight excluding hydrogens is 651 g/mol. The van der Waals surface area contributed by atoms with E-state index in [0.29, 0.717) is 61.7 Å². The van der Waals surface area contributed by atoms with E-state index in [2.05, 4.69) is 21.3 Å². The molecule has 3 aromatic heterocycles. The van der Waals surface area contributed by atoms with Gasteiger partial charge in [-0.3, -0.25) is 24.3 Å². The molecule has 0 saturated heterocycles. The van der Waals surface area contributed by atoms with Crippen LogP contribution in [-0.4, -0.2) is 53.5 Å². The van der Waals surface area contributed by atoms with Crippen molar-refractivity contribution in [2.75, 3.05) is 37.0 Å². The molecule has 1 aliphatic rings. The summed E-state index contributed by atoms with van der Waals surface area (Å²) in [7, 11) is 3.63. The normalized spacial score (nSPS) is 14.0. The second-order valence-corrected chi connectivity index (χ2v) is 11.7. The summed E-state index contributed by atoms with van der Waals surface area (Å²) >= 11 is 0. The van der Waals surface area contributed by atoms with Crippen molar-refractivity contribution < 1.29 is 14.0 Å². The number of halogens is 3. The van der Waals surface area contributed by atoms with Crippen LogP contribution in [0.2, 0.25) is 0 Å². The summed E-state index contributed by atoms with van der Waals surface area (Å²) in [4.78, 5) is 50.1. The molecule has 13 heteroatoms. The molecule has 1 aliphatic heterocycles. The number of benzene rings is 1. The van der Waals surface area contributed by atoms with E-state index in [1.807, 2.05) is 51.2 Å². The molecule has 0 unspecified atom stereocenters. The molecule has 4 aromatic rings. The van der Waals surface area contributed by atoms with Crippen LogP contribution in [0.4, 0.5) is 11.4 Å². The van der Waals surface area contributed by atoms with Crippen LogP contribution in [0.5, 0.6) is 0 Å². The van der Waals surface area contributed by atoms with Crippen molar-refractivity contribution in [3.8, 4) is 0 Å². The van der Waals surface area contributed by atoms with Crippen LogP contribution in [0.3, 0.4) is 0 Å². The lowest BCUT2D eigenvalue weighted by Gasteiger charge is -2.27. The Labute approximate surface area is 288 Å². The number of aryl methyl sites for hydroxylation is 1. The minimum Gasteiger partial charge on any atom is -0.461 e. The number of amides is 2. The number of furan rings is 1. The van der Waals surface area contributed by atoms with E-state index in [-0.39, 0.29) is 54.6 Å². The predicted molar refractivity (Wildman–Crippen MR) is 190 cm³/mol. The van der Waals surface area contributed by atoms with Crippen molar-refractivity contribution in [3.63, 3.8) is 0 Å². The topological polar surface area (TPSA) is 104 Å². The number of hydrogen-bond acceptors (Lipinski definition) is 7. The van der Waals surface area contributed by atoms with E-state index >= 15 is 0 Å². The van der Waals surface area contributed by atoms with Crippen LogP contribution in [0, 0.1) is 12.3 Å². The van der Waals surface area contributed by atoms with Crippen molar-refractivity contribution in [1.29, 1.82) is 0 Å². The first-order valence-corrected chi connectivity index (χ1v) is 14.7. The van der Waals surface area contributed by atoms with Gasteiger partial charge in [-0.05, 0) is 76.2 Å². The van der Waals surface area contributed by atoms with Gasteiger partial charge in [-0.1, -0.05) is 12.1 Å². The first kappa shape index (κ1) is 38.8. The second kappa shape index (κ2) is 15.9. The van der Waals surface area contributed by atoms with E-state index in [9.17, 15) is 14.4 Å². The molecule has 1 aromatic carbocycles. The van der Waals surface area contributed by atoms with Gasteiger partial charge >= 0.3 is 0 Å². The molecule has 250 valence electrons. The van der Waals surface area contributed by atoms with Crippen LogP contribution in [0.1, 0.15) is 43.4 Å². The van der Waals surface area contributed by atoms with Gasteiger partial charge in [0.2, 0.25) is 11.8 Å². The quantitative estimate of drug-likeness (QED) is 0.224. The number of nitrogens with one attached hydrogen (secondary N) is 1. The largest absolute Gasteiger partial charge is 0.461 e. The fourth-order valence-electron chi connectivity index (χ4n) is 5.83. The third-order valence-corrected chi connectivity index (χ3v) is 8.19. The van der Waals surface area contributed by atoms with Gasteiger partial charge in [0.1, 0.15) is 16.8 Å². The number of rotatable bonds is 10. The monoisotopic (exact) mass is 692 g/mol. The average Bonchev–Trinajstić information content (AvgIpc) is 3.37. The summed E-state index contributed by atoms with van der Waals surface area (Å²) in [5.41, 5.74) is 3.83. The lowest BCUT2D eigenvalue weighted by atomic mass is 9.90. The van der Waals surface area contributed by atoms with Gasteiger partial charge in [-0.15, -0.1) is 37.2 Å². The second-order valence-electron chi connectivity index (χ2n) is 11.7. The standard InChI is InChI=1S/C33H40N6O4.3ClH/c1-7-39-27-11-10-23(18-28(27)36(6)31(41)33(3,4)32(39)42)20-37(21-24-9-8-13-35-26(24)19-34-5)15-16-38-14-12-29-25(30(38)40)17-22(2)43-29;;;/h8-14,17-18,34H,7,15-16,19-21H2,1-6H3;3*1H. The summed E-state index contributed by atoms with van der Waals surface area (Å²) in [6, 6.07) is 13.6. The smallest absolute Gasteiger partial charge is 0.261 e. The molecule has 0 spiro atoms. The molecule has 2 amide bonds. The molecule has 0 bridgehead atoms. The third kappa shape index (κ3) is 7.58. The Morgan fingerprint density at radius 3 is 2.41 bits per heavy atom. The Kier molecular flexibility index (Phi) is 13.4. The maximum Gasteiger partial charge on any atom is 0.261 e. The third-order valence-electron chi connectivity index (χ3n) is 8.19. The number of nitrogens with zero attached hydrogens (tertiary/aromatic N) is 5. The SMILES string of the molecule is CCN1C(=O)C(C)(C)C(=O)N(C)c2cc(CN(CCn3ccc4oc(C)cc4c3=O)Cc3cccnc3CNC)ccc21.Cl.Cl.Cl. The summed E-state index contributed by atoms with van der Waals surface area (Å²) in [6.07, 6.45) is 3.58. The molecule has 0 aliphatic carbocycles. The highest BCUT2D eigenvalue weighted by atomic mass is 35.5. The Hall–Kier alpha value is -3.41. The molecule has 0 radical (unpaired) electrons. The number of carbonyl (C=O) groups is 2. The Morgan fingerprint density at radius 2 is 1.72 bits per heavy atom. The Morgan fingerprint density at radius 1 is 0.978 bits per heavy atom. The fraction of sp³-hybridized carbons (Fsp3) is 0.394. The molecular formula is C33H43Cl3N6O4. The van der Waals surface area contributed by atoms with Gasteiger partial charge in [0, 0.05) is 58.7 Å². The maximum atomic E-state index is 13.4. The molecule has 1 N–H and O–H groups in total. The van der Waals surface area contributed by atoms with Crippen molar-refractivity contribution in [2.24, 2.45) is 5.41 Å². The zero-order valence-electron chi connectivity index (χ0n) is 27.0. The zero-order valence-corrected chi connectivity index (χ0v) is 29.5. The molecule has 46 heavy (non-hydrogen) atoms. The Balaban J connectivity index is 0.00000245. The minimum atomic E-state index is -1.16. The number of pyridine rings is 2. The Bertz CT molecular complexity index is 1740. The molecule has 0 fully saturated rings. The lowest BCUT2D eigenvalue weighted by Crippen LogP contribution is -2.47. The molecule has 0 atom stereocenters. The van der Waals surface area contributed by atoms with Gasteiger partial charge in [0.15, 0.2) is 0 Å². The fourth-order valence-corrected chi connectivity index (χ4v) is 5.83. The number of fused-ring (bicyclic) bond motifs is 2. The van der Waals surface area contributed by atoms with Gasteiger partial charge in [-0.25, -0.2) is 0 Å². The zero-order chi connectivity index (χ0) is 30.9. The van der Waals surface area contributed by atoms with E-state index in [0.717, 1.165) is 22.5 Å². The lowest BCUT2D eigenvalue weighted by molar-refractivity contribution is -0.137. The number of anilines is 2. The van der Waals surface area contributed by atoms with E-state index in [4.69, 9.17) is 4.42 Å². The first-order valence-electron chi connectivity index (χ1n) is 14.7. The van der Waals surface area contributed by atoms with Crippen molar-refractivity contribution >= 4 is 71.4 Å². The van der Waals surface area contributed by atoms with Gasteiger partial charge in [0.25, 0.3) is 5.56 Å². The minimum absolute atomic E-state index is 0. The van der Waals surface area contributed by atoms with Gasteiger partial charge in [0.05, 0.1) is 22.5 Å². The number of hydrogen-bond donors (Lipinski definition) is 1. The van der Waals surface area contributed by atoms with Crippen LogP contribution in [0.25, 0.3) is 11.0 Å². The first-order chi connectivity index (χ1) is 20.5. The highest BCUT2D eigenvalue weighted by Gasteiger charge is 2.45. The number of aromatic nitrogens is 2. The number of carbonyl (C=O) groups excluding carboxylic acids is 2. The summed E-state index contributed by atoms with van der Waals surface area (Å²) in [5, 5.41) is 3.77. The average molecular weight is 694 g/mol.